The number of esters is 1. The lowest BCUT2D eigenvalue weighted by molar-refractivity contribution is -0.152. The number of ether oxygens (including phenoxy) is 1. The van der Waals surface area contributed by atoms with Crippen LogP contribution < -0.4 is 0 Å². The van der Waals surface area contributed by atoms with Gasteiger partial charge in [-0.05, 0) is 44.9 Å². The molecule has 1 amide bonds. The van der Waals surface area contributed by atoms with E-state index in [1.165, 1.54) is 34.0 Å². The van der Waals surface area contributed by atoms with E-state index in [2.05, 4.69) is 5.10 Å². The Balaban J connectivity index is 1.84. The van der Waals surface area contributed by atoms with Gasteiger partial charge in [0.05, 0.1) is 18.0 Å². The van der Waals surface area contributed by atoms with E-state index in [1.807, 2.05) is 0 Å². The summed E-state index contributed by atoms with van der Waals surface area (Å²) < 4.78 is 19.8. The number of aromatic hydroxyl groups is 1. The van der Waals surface area contributed by atoms with E-state index < -0.39 is 23.7 Å². The lowest BCUT2D eigenvalue weighted by Gasteiger charge is -2.23. The van der Waals surface area contributed by atoms with Gasteiger partial charge in [-0.2, -0.15) is 5.10 Å². The molecule has 0 aliphatic carbocycles. The van der Waals surface area contributed by atoms with Crippen molar-refractivity contribution >= 4 is 11.9 Å². The molecule has 1 aliphatic rings. The molecule has 1 fully saturated rings. The fourth-order valence-electron chi connectivity index (χ4n) is 2.97. The minimum atomic E-state index is -0.691. The maximum atomic E-state index is 13.4. The normalized spacial score (nSPS) is 16.9. The zero-order valence-corrected chi connectivity index (χ0v) is 14.6. The third kappa shape index (κ3) is 3.54. The lowest BCUT2D eigenvalue weighted by Crippen LogP contribution is -2.42. The summed E-state index contributed by atoms with van der Waals surface area (Å²) in [5.41, 5.74) is 0.190. The van der Waals surface area contributed by atoms with Crippen LogP contribution in [0.25, 0.3) is 5.69 Å². The van der Waals surface area contributed by atoms with Crippen molar-refractivity contribution in [3.8, 4) is 11.4 Å². The van der Waals surface area contributed by atoms with Crippen LogP contribution in [0.3, 0.4) is 0 Å². The molecular weight excluding hydrogens is 341 g/mol. The second-order valence-corrected chi connectivity index (χ2v) is 6.43. The first-order valence-corrected chi connectivity index (χ1v) is 8.43. The second kappa shape index (κ2) is 7.15. The summed E-state index contributed by atoms with van der Waals surface area (Å²) in [6.07, 6.45) is 2.12. The molecule has 1 saturated heterocycles. The zero-order chi connectivity index (χ0) is 18.8. The van der Waals surface area contributed by atoms with Gasteiger partial charge >= 0.3 is 5.97 Å². The largest absolute Gasteiger partial charge is 0.504 e. The molecule has 2 heterocycles. The third-order valence-electron chi connectivity index (χ3n) is 4.11. The van der Waals surface area contributed by atoms with Crippen LogP contribution in [0.1, 0.15) is 37.2 Å². The SMILES string of the molecule is CC(C)OC(=O)[C@@H]1CCCN1C(=O)c1nn(-c2cccc(F)c2)cc1O. The topological polar surface area (TPSA) is 84.7 Å². The van der Waals surface area contributed by atoms with Gasteiger partial charge in [-0.1, -0.05) is 6.07 Å². The molecule has 0 saturated carbocycles. The van der Waals surface area contributed by atoms with Crippen LogP contribution in [0, 0.1) is 5.82 Å². The summed E-state index contributed by atoms with van der Waals surface area (Å²) in [5.74, 6) is -1.81. The van der Waals surface area contributed by atoms with Crippen molar-refractivity contribution in [2.45, 2.75) is 38.8 Å². The number of likely N-dealkylation sites (tertiary alicyclic amines) is 1. The fraction of sp³-hybridized carbons (Fsp3) is 0.389. The number of aromatic nitrogens is 2. The monoisotopic (exact) mass is 361 g/mol. The molecule has 1 aromatic carbocycles. The first kappa shape index (κ1) is 17.9. The minimum absolute atomic E-state index is 0.182. The predicted molar refractivity (Wildman–Crippen MR) is 90.5 cm³/mol. The third-order valence-corrected chi connectivity index (χ3v) is 4.11. The molecule has 0 bridgehead atoms. The number of carbonyl (C=O) groups is 2. The molecule has 0 radical (unpaired) electrons. The van der Waals surface area contributed by atoms with E-state index in [0.717, 1.165) is 0 Å². The summed E-state index contributed by atoms with van der Waals surface area (Å²) in [6, 6.07) is 4.93. The van der Waals surface area contributed by atoms with Crippen molar-refractivity contribution in [2.24, 2.45) is 0 Å². The van der Waals surface area contributed by atoms with Gasteiger partial charge in [-0.3, -0.25) is 4.79 Å². The number of carbonyl (C=O) groups excluding carboxylic acids is 2. The standard InChI is InChI=1S/C18H20FN3O4/c1-11(2)26-18(25)14-7-4-8-21(14)17(24)16-15(23)10-22(20-16)13-6-3-5-12(19)9-13/h3,5-6,9-11,14,23H,4,7-8H2,1-2H3/t14-/m0/s1. The Bertz CT molecular complexity index is 834. The van der Waals surface area contributed by atoms with Gasteiger partial charge < -0.3 is 14.7 Å². The number of benzene rings is 1. The molecule has 1 N–H and O–H groups in total. The fourth-order valence-corrected chi connectivity index (χ4v) is 2.97. The smallest absolute Gasteiger partial charge is 0.329 e. The average Bonchev–Trinajstić information content (AvgIpc) is 3.20. The van der Waals surface area contributed by atoms with Gasteiger partial charge in [0.2, 0.25) is 0 Å². The van der Waals surface area contributed by atoms with Gasteiger partial charge in [-0.25, -0.2) is 13.9 Å². The van der Waals surface area contributed by atoms with E-state index in [9.17, 15) is 19.1 Å². The van der Waals surface area contributed by atoms with Crippen LogP contribution in [0.15, 0.2) is 30.5 Å². The number of rotatable bonds is 4. The van der Waals surface area contributed by atoms with Crippen molar-refractivity contribution in [3.63, 3.8) is 0 Å². The van der Waals surface area contributed by atoms with Crippen molar-refractivity contribution in [3.05, 3.63) is 42.0 Å². The Morgan fingerprint density at radius 3 is 2.85 bits per heavy atom. The Kier molecular flexibility index (Phi) is 4.92. The summed E-state index contributed by atoms with van der Waals surface area (Å²) in [5, 5.41) is 14.2. The first-order chi connectivity index (χ1) is 12.4. The van der Waals surface area contributed by atoms with Gasteiger partial charge in [0.15, 0.2) is 11.4 Å². The van der Waals surface area contributed by atoms with Crippen molar-refractivity contribution in [1.82, 2.24) is 14.7 Å². The van der Waals surface area contributed by atoms with Crippen molar-refractivity contribution in [1.29, 1.82) is 0 Å². The van der Waals surface area contributed by atoms with E-state index >= 15 is 0 Å². The molecular formula is C18H20FN3O4. The Hall–Kier alpha value is -2.90. The van der Waals surface area contributed by atoms with Crippen LogP contribution in [-0.4, -0.2) is 50.4 Å². The molecule has 2 aromatic rings. The predicted octanol–water partition coefficient (Wildman–Crippen LogP) is 2.27. The highest BCUT2D eigenvalue weighted by molar-refractivity contribution is 5.97. The number of hydrogen-bond donors (Lipinski definition) is 1. The summed E-state index contributed by atoms with van der Waals surface area (Å²) in [4.78, 5) is 26.4. The van der Waals surface area contributed by atoms with E-state index in [4.69, 9.17) is 4.74 Å². The van der Waals surface area contributed by atoms with Crippen LogP contribution in [-0.2, 0) is 9.53 Å². The number of hydrogen-bond acceptors (Lipinski definition) is 5. The van der Waals surface area contributed by atoms with Gasteiger partial charge in [0.1, 0.15) is 11.9 Å². The van der Waals surface area contributed by atoms with Crippen molar-refractivity contribution in [2.75, 3.05) is 6.54 Å². The second-order valence-electron chi connectivity index (χ2n) is 6.43. The van der Waals surface area contributed by atoms with Crippen molar-refractivity contribution < 1.29 is 23.8 Å². The maximum absolute atomic E-state index is 13.4. The Morgan fingerprint density at radius 1 is 1.38 bits per heavy atom. The van der Waals surface area contributed by atoms with Crippen LogP contribution >= 0.6 is 0 Å². The summed E-state index contributed by atoms with van der Waals surface area (Å²) in [7, 11) is 0. The molecule has 8 heteroatoms. The number of halogens is 1. The molecule has 138 valence electrons. The van der Waals surface area contributed by atoms with Gasteiger partial charge in [0, 0.05) is 6.54 Å². The van der Waals surface area contributed by atoms with E-state index in [-0.39, 0.29) is 17.5 Å². The molecule has 1 aromatic heterocycles. The molecule has 1 atom stereocenters. The van der Waals surface area contributed by atoms with Crippen LogP contribution in [0.2, 0.25) is 0 Å². The molecule has 1 aliphatic heterocycles. The molecule has 3 rings (SSSR count). The van der Waals surface area contributed by atoms with Gasteiger partial charge in [0.25, 0.3) is 5.91 Å². The van der Waals surface area contributed by atoms with Gasteiger partial charge in [-0.15, -0.1) is 0 Å². The first-order valence-electron chi connectivity index (χ1n) is 8.43. The average molecular weight is 361 g/mol. The molecule has 0 unspecified atom stereocenters. The molecule has 7 nitrogen and oxygen atoms in total. The van der Waals surface area contributed by atoms with Crippen LogP contribution in [0.4, 0.5) is 4.39 Å². The Labute approximate surface area is 150 Å². The summed E-state index contributed by atoms with van der Waals surface area (Å²) >= 11 is 0. The highest BCUT2D eigenvalue weighted by Gasteiger charge is 2.37. The van der Waals surface area contributed by atoms with E-state index in [1.54, 1.807) is 19.9 Å². The molecule has 0 spiro atoms. The number of amides is 1. The summed E-state index contributed by atoms with van der Waals surface area (Å²) in [6.45, 7) is 3.86. The van der Waals surface area contributed by atoms with Crippen LogP contribution in [0.5, 0.6) is 5.75 Å². The zero-order valence-electron chi connectivity index (χ0n) is 14.6. The highest BCUT2D eigenvalue weighted by Crippen LogP contribution is 2.25. The Morgan fingerprint density at radius 2 is 2.15 bits per heavy atom. The lowest BCUT2D eigenvalue weighted by atomic mass is 10.2. The minimum Gasteiger partial charge on any atom is -0.504 e. The maximum Gasteiger partial charge on any atom is 0.329 e. The number of nitrogens with zero attached hydrogens (tertiary/aromatic N) is 3. The molecule has 26 heavy (non-hydrogen) atoms. The highest BCUT2D eigenvalue weighted by atomic mass is 19.1. The quantitative estimate of drug-likeness (QED) is 0.845. The van der Waals surface area contributed by atoms with E-state index in [0.29, 0.717) is 25.1 Å².